The molecule has 1 aromatic heterocycles. The first-order valence-corrected chi connectivity index (χ1v) is 9.10. The Bertz CT molecular complexity index is 1130. The standard InChI is InChI=1S/C21H20N4O2/c1-3-4-13-24-18-12-8-6-10-16(18)19(21(24)27)23-25-14(2)22-17-11-7-5-9-15(17)20(25)26/h5-12H,3-4,13H2,1-2H3. The summed E-state index contributed by atoms with van der Waals surface area (Å²) in [4.78, 5) is 32.1. The lowest BCUT2D eigenvalue weighted by molar-refractivity contribution is -0.112. The third-order valence-electron chi connectivity index (χ3n) is 4.75. The van der Waals surface area contributed by atoms with Crippen molar-refractivity contribution in [1.29, 1.82) is 0 Å². The number of rotatable bonds is 4. The summed E-state index contributed by atoms with van der Waals surface area (Å²) in [5, 5.41) is 4.94. The van der Waals surface area contributed by atoms with E-state index in [1.165, 1.54) is 4.68 Å². The van der Waals surface area contributed by atoms with E-state index in [4.69, 9.17) is 0 Å². The average molecular weight is 360 g/mol. The highest BCUT2D eigenvalue weighted by atomic mass is 16.2. The summed E-state index contributed by atoms with van der Waals surface area (Å²) < 4.78 is 1.23. The number of carbonyl (C=O) groups excluding carboxylic acids is 1. The molecule has 6 nitrogen and oxygen atoms in total. The van der Waals surface area contributed by atoms with Gasteiger partial charge in [0.25, 0.3) is 11.5 Å². The van der Waals surface area contributed by atoms with Crippen LogP contribution < -0.4 is 10.5 Å². The highest BCUT2D eigenvalue weighted by Crippen LogP contribution is 2.29. The van der Waals surface area contributed by atoms with Gasteiger partial charge in [0.2, 0.25) is 0 Å². The maximum Gasteiger partial charge on any atom is 0.282 e. The minimum absolute atomic E-state index is 0.177. The Kier molecular flexibility index (Phi) is 4.32. The third-order valence-corrected chi connectivity index (χ3v) is 4.75. The fourth-order valence-corrected chi connectivity index (χ4v) is 3.35. The van der Waals surface area contributed by atoms with E-state index in [0.717, 1.165) is 24.1 Å². The van der Waals surface area contributed by atoms with Gasteiger partial charge in [0.15, 0.2) is 5.71 Å². The first-order valence-electron chi connectivity index (χ1n) is 9.10. The predicted molar refractivity (Wildman–Crippen MR) is 106 cm³/mol. The predicted octanol–water partition coefficient (Wildman–Crippen LogP) is 3.10. The molecular weight excluding hydrogens is 340 g/mol. The molecular formula is C21H20N4O2. The number of unbranched alkanes of at least 4 members (excludes halogenated alkanes) is 1. The molecule has 0 aliphatic carbocycles. The molecule has 1 aliphatic rings. The van der Waals surface area contributed by atoms with Gasteiger partial charge in [-0.05, 0) is 31.5 Å². The Morgan fingerprint density at radius 3 is 2.59 bits per heavy atom. The zero-order valence-electron chi connectivity index (χ0n) is 15.3. The molecule has 0 radical (unpaired) electrons. The Morgan fingerprint density at radius 2 is 1.78 bits per heavy atom. The fourth-order valence-electron chi connectivity index (χ4n) is 3.35. The van der Waals surface area contributed by atoms with Crippen molar-refractivity contribution in [1.82, 2.24) is 9.66 Å². The smallest absolute Gasteiger partial charge is 0.282 e. The quantitative estimate of drug-likeness (QED) is 0.718. The van der Waals surface area contributed by atoms with Crippen molar-refractivity contribution < 1.29 is 4.79 Å². The van der Waals surface area contributed by atoms with Crippen molar-refractivity contribution in [3.05, 3.63) is 70.3 Å². The lowest BCUT2D eigenvalue weighted by Gasteiger charge is -2.15. The van der Waals surface area contributed by atoms with E-state index in [1.807, 2.05) is 30.3 Å². The first kappa shape index (κ1) is 17.1. The van der Waals surface area contributed by atoms with Crippen molar-refractivity contribution in [3.63, 3.8) is 0 Å². The number of anilines is 1. The van der Waals surface area contributed by atoms with Gasteiger partial charge in [-0.25, -0.2) is 4.98 Å². The van der Waals surface area contributed by atoms with E-state index < -0.39 is 0 Å². The van der Waals surface area contributed by atoms with Crippen LogP contribution in [-0.2, 0) is 4.79 Å². The number of hydrogen-bond donors (Lipinski definition) is 0. The third kappa shape index (κ3) is 2.83. The summed E-state index contributed by atoms with van der Waals surface area (Å²) in [6, 6.07) is 14.7. The Labute approximate surface area is 156 Å². The van der Waals surface area contributed by atoms with Crippen LogP contribution in [0.5, 0.6) is 0 Å². The number of fused-ring (bicyclic) bond motifs is 2. The molecule has 1 aliphatic heterocycles. The Hall–Kier alpha value is -3.28. The minimum atomic E-state index is -0.275. The second-order valence-corrected chi connectivity index (χ2v) is 6.57. The Morgan fingerprint density at radius 1 is 1.04 bits per heavy atom. The van der Waals surface area contributed by atoms with Crippen LogP contribution in [0, 0.1) is 6.92 Å². The second-order valence-electron chi connectivity index (χ2n) is 6.57. The van der Waals surface area contributed by atoms with Gasteiger partial charge in [-0.15, -0.1) is 0 Å². The number of benzene rings is 2. The molecule has 2 aromatic carbocycles. The SMILES string of the molecule is CCCCN1C(=O)C(=Nn2c(C)nc3ccccc3c2=O)c2ccccc21. The van der Waals surface area contributed by atoms with E-state index in [-0.39, 0.29) is 17.2 Å². The van der Waals surface area contributed by atoms with Crippen molar-refractivity contribution >= 4 is 28.2 Å². The molecule has 0 unspecified atom stereocenters. The van der Waals surface area contributed by atoms with E-state index in [1.54, 1.807) is 30.0 Å². The fraction of sp³-hybridized carbons (Fsp3) is 0.238. The molecule has 3 aromatic rings. The van der Waals surface area contributed by atoms with Crippen LogP contribution in [0.15, 0.2) is 58.4 Å². The van der Waals surface area contributed by atoms with Gasteiger partial charge in [0.05, 0.1) is 16.6 Å². The summed E-state index contributed by atoms with van der Waals surface area (Å²) >= 11 is 0. The van der Waals surface area contributed by atoms with E-state index in [2.05, 4.69) is 17.0 Å². The summed E-state index contributed by atoms with van der Waals surface area (Å²) in [6.45, 7) is 4.44. The second kappa shape index (κ2) is 6.79. The van der Waals surface area contributed by atoms with Crippen LogP contribution in [0.4, 0.5) is 5.69 Å². The van der Waals surface area contributed by atoms with E-state index in [9.17, 15) is 9.59 Å². The van der Waals surface area contributed by atoms with Gasteiger partial charge in [0.1, 0.15) is 5.82 Å². The molecule has 2 heterocycles. The van der Waals surface area contributed by atoms with Crippen molar-refractivity contribution in [2.75, 3.05) is 11.4 Å². The first-order chi connectivity index (χ1) is 13.1. The van der Waals surface area contributed by atoms with Gasteiger partial charge in [0, 0.05) is 12.1 Å². The number of amides is 1. The van der Waals surface area contributed by atoms with Gasteiger partial charge < -0.3 is 4.90 Å². The zero-order valence-corrected chi connectivity index (χ0v) is 15.3. The molecule has 0 atom stereocenters. The maximum atomic E-state index is 13.0. The molecule has 6 heteroatoms. The minimum Gasteiger partial charge on any atom is -0.306 e. The number of aryl methyl sites for hydroxylation is 1. The van der Waals surface area contributed by atoms with Crippen LogP contribution in [0.25, 0.3) is 10.9 Å². The van der Waals surface area contributed by atoms with E-state index in [0.29, 0.717) is 23.3 Å². The summed E-state index contributed by atoms with van der Waals surface area (Å²) in [6.07, 6.45) is 1.90. The normalized spacial score (nSPS) is 15.0. The lowest BCUT2D eigenvalue weighted by atomic mass is 10.1. The number of aromatic nitrogens is 2. The number of carbonyl (C=O) groups is 1. The molecule has 0 N–H and O–H groups in total. The van der Waals surface area contributed by atoms with Crippen LogP contribution in [0.3, 0.4) is 0 Å². The average Bonchev–Trinajstić information content (AvgIpc) is 2.94. The molecule has 4 rings (SSSR count). The maximum absolute atomic E-state index is 13.0. The number of hydrogen-bond acceptors (Lipinski definition) is 4. The van der Waals surface area contributed by atoms with Crippen LogP contribution in [0.1, 0.15) is 31.2 Å². The highest BCUT2D eigenvalue weighted by molar-refractivity contribution is 6.54. The van der Waals surface area contributed by atoms with Crippen molar-refractivity contribution in [2.45, 2.75) is 26.7 Å². The molecule has 0 bridgehead atoms. The van der Waals surface area contributed by atoms with Gasteiger partial charge in [-0.3, -0.25) is 9.59 Å². The summed E-state index contributed by atoms with van der Waals surface area (Å²) in [5.41, 5.74) is 2.22. The van der Waals surface area contributed by atoms with Crippen molar-refractivity contribution in [3.8, 4) is 0 Å². The van der Waals surface area contributed by atoms with Crippen LogP contribution in [-0.4, -0.2) is 27.8 Å². The van der Waals surface area contributed by atoms with E-state index >= 15 is 0 Å². The topological polar surface area (TPSA) is 67.6 Å². The lowest BCUT2D eigenvalue weighted by Crippen LogP contribution is -2.32. The van der Waals surface area contributed by atoms with Gasteiger partial charge in [-0.2, -0.15) is 9.78 Å². The molecule has 0 saturated heterocycles. The highest BCUT2D eigenvalue weighted by Gasteiger charge is 2.33. The van der Waals surface area contributed by atoms with Gasteiger partial charge >= 0.3 is 0 Å². The molecule has 136 valence electrons. The molecule has 0 saturated carbocycles. The van der Waals surface area contributed by atoms with Gasteiger partial charge in [-0.1, -0.05) is 43.7 Å². The Balaban J connectivity index is 1.89. The number of para-hydroxylation sites is 2. The molecule has 0 spiro atoms. The molecule has 0 fully saturated rings. The zero-order chi connectivity index (χ0) is 19.0. The summed E-state index contributed by atoms with van der Waals surface area (Å²) in [5.74, 6) is 0.271. The van der Waals surface area contributed by atoms with Crippen LogP contribution >= 0.6 is 0 Å². The largest absolute Gasteiger partial charge is 0.306 e. The number of nitrogens with zero attached hydrogens (tertiary/aromatic N) is 4. The van der Waals surface area contributed by atoms with Crippen molar-refractivity contribution in [2.24, 2.45) is 5.10 Å². The monoisotopic (exact) mass is 360 g/mol. The van der Waals surface area contributed by atoms with Crippen LogP contribution in [0.2, 0.25) is 0 Å². The molecule has 1 amide bonds. The molecule has 27 heavy (non-hydrogen) atoms. The summed E-state index contributed by atoms with van der Waals surface area (Å²) in [7, 11) is 0.